The Morgan fingerprint density at radius 3 is 2.54 bits per heavy atom. The van der Waals surface area contributed by atoms with Gasteiger partial charge >= 0.3 is 0 Å². The molecular formula is C19H21ClFN3OS. The quantitative estimate of drug-likeness (QED) is 0.645. The summed E-state index contributed by atoms with van der Waals surface area (Å²) in [5.41, 5.74) is 1.95. The summed E-state index contributed by atoms with van der Waals surface area (Å²) in [5.74, 6) is -0.486. The van der Waals surface area contributed by atoms with Gasteiger partial charge in [0.25, 0.3) is 5.91 Å². The molecular weight excluding hydrogens is 373 g/mol. The number of likely N-dealkylation sites (N-methyl/N-ethyl adjacent to an activating group) is 1. The molecule has 0 unspecified atom stereocenters. The van der Waals surface area contributed by atoms with Gasteiger partial charge in [0.05, 0.1) is 4.70 Å². The van der Waals surface area contributed by atoms with Crippen LogP contribution in [0.15, 0.2) is 42.5 Å². The topological polar surface area (TPSA) is 36.4 Å². The van der Waals surface area contributed by atoms with Crippen molar-refractivity contribution in [3.05, 3.63) is 59.4 Å². The molecule has 0 radical (unpaired) electrons. The maximum atomic E-state index is 14.0. The lowest BCUT2D eigenvalue weighted by atomic mass is 10.1. The van der Waals surface area contributed by atoms with Gasteiger partial charge in [-0.2, -0.15) is 0 Å². The highest BCUT2D eigenvalue weighted by Gasteiger charge is 2.22. The Bertz CT molecular complexity index is 913. The Hall–Kier alpha value is -2.02. The predicted octanol–water partition coefficient (Wildman–Crippen LogP) is 4.37. The molecule has 2 aromatic carbocycles. The van der Waals surface area contributed by atoms with Crippen molar-refractivity contribution in [2.75, 3.05) is 32.1 Å². The zero-order valence-corrected chi connectivity index (χ0v) is 16.5. The number of amides is 1. The van der Waals surface area contributed by atoms with Crippen molar-refractivity contribution in [2.24, 2.45) is 0 Å². The third kappa shape index (κ3) is 4.38. The number of nitrogens with zero attached hydrogens (tertiary/aromatic N) is 3. The van der Waals surface area contributed by atoms with Crippen molar-refractivity contribution < 1.29 is 9.18 Å². The zero-order valence-electron chi connectivity index (χ0n) is 14.9. The lowest BCUT2D eigenvalue weighted by Gasteiger charge is -2.22. The molecule has 0 saturated carbocycles. The monoisotopic (exact) mass is 393 g/mol. The average Bonchev–Trinajstić information content (AvgIpc) is 3.00. The number of para-hydroxylation sites is 1. The van der Waals surface area contributed by atoms with Crippen LogP contribution in [0.1, 0.15) is 15.9 Å². The summed E-state index contributed by atoms with van der Waals surface area (Å²) in [6, 6.07) is 12.3. The van der Waals surface area contributed by atoms with Crippen LogP contribution < -0.4 is 4.90 Å². The number of carbonyl (C=O) groups excluding carboxylic acids is 1. The van der Waals surface area contributed by atoms with Crippen LogP contribution in [0.4, 0.5) is 9.52 Å². The van der Waals surface area contributed by atoms with E-state index in [-0.39, 0.29) is 24.1 Å². The van der Waals surface area contributed by atoms with E-state index in [0.717, 1.165) is 10.3 Å². The number of halogens is 2. The normalized spacial score (nSPS) is 10.8. The van der Waals surface area contributed by atoms with E-state index in [0.29, 0.717) is 29.3 Å². The third-order valence-corrected chi connectivity index (χ3v) is 4.91. The Balaban J connectivity index is 0.00000243. The summed E-state index contributed by atoms with van der Waals surface area (Å²) >= 11 is 1.33. The summed E-state index contributed by atoms with van der Waals surface area (Å²) in [6.07, 6.45) is 0. The highest BCUT2D eigenvalue weighted by Crippen LogP contribution is 2.31. The summed E-state index contributed by atoms with van der Waals surface area (Å²) in [6.45, 7) is 3.13. The highest BCUT2D eigenvalue weighted by atomic mass is 35.5. The first kappa shape index (κ1) is 20.3. The SMILES string of the molecule is Cc1cccc(C(=O)N(CCN(C)C)c2nc3c(F)cccc3s2)c1.Cl. The number of fused-ring (bicyclic) bond motifs is 1. The van der Waals surface area contributed by atoms with Crippen molar-refractivity contribution in [3.8, 4) is 0 Å². The maximum absolute atomic E-state index is 14.0. The van der Waals surface area contributed by atoms with Gasteiger partial charge in [0.15, 0.2) is 5.13 Å². The third-order valence-electron chi connectivity index (χ3n) is 3.87. The molecule has 0 aliphatic carbocycles. The summed E-state index contributed by atoms with van der Waals surface area (Å²) < 4.78 is 14.7. The standard InChI is InChI=1S/C19H20FN3OS.ClH/c1-13-6-4-7-14(12-13)18(24)23(11-10-22(2)3)19-21-17-15(20)8-5-9-16(17)25-19;/h4-9,12H,10-11H2,1-3H3;1H. The van der Waals surface area contributed by atoms with Crippen LogP contribution >= 0.6 is 23.7 Å². The molecule has 0 N–H and O–H groups in total. The first-order valence-corrected chi connectivity index (χ1v) is 8.85. The number of rotatable bonds is 5. The van der Waals surface area contributed by atoms with Gasteiger partial charge in [-0.15, -0.1) is 12.4 Å². The number of anilines is 1. The van der Waals surface area contributed by atoms with Gasteiger partial charge in [-0.25, -0.2) is 9.37 Å². The molecule has 3 aromatic rings. The van der Waals surface area contributed by atoms with Crippen LogP contribution in [0, 0.1) is 12.7 Å². The summed E-state index contributed by atoms with van der Waals surface area (Å²) in [4.78, 5) is 21.1. The van der Waals surface area contributed by atoms with E-state index in [9.17, 15) is 9.18 Å². The van der Waals surface area contributed by atoms with E-state index in [1.807, 2.05) is 50.2 Å². The number of benzene rings is 2. The van der Waals surface area contributed by atoms with Crippen molar-refractivity contribution in [2.45, 2.75) is 6.92 Å². The van der Waals surface area contributed by atoms with E-state index < -0.39 is 0 Å². The number of hydrogen-bond donors (Lipinski definition) is 0. The van der Waals surface area contributed by atoms with Crippen LogP contribution in [0.25, 0.3) is 10.2 Å². The van der Waals surface area contributed by atoms with E-state index >= 15 is 0 Å². The Morgan fingerprint density at radius 2 is 1.88 bits per heavy atom. The second-order valence-electron chi connectivity index (χ2n) is 6.21. The van der Waals surface area contributed by atoms with Crippen LogP contribution in [-0.2, 0) is 0 Å². The van der Waals surface area contributed by atoms with Gasteiger partial charge < -0.3 is 4.90 Å². The average molecular weight is 394 g/mol. The Morgan fingerprint density at radius 1 is 1.15 bits per heavy atom. The van der Waals surface area contributed by atoms with Crippen LogP contribution in [0.3, 0.4) is 0 Å². The molecule has 26 heavy (non-hydrogen) atoms. The van der Waals surface area contributed by atoms with Crippen LogP contribution in [0.5, 0.6) is 0 Å². The van der Waals surface area contributed by atoms with Crippen molar-refractivity contribution in [3.63, 3.8) is 0 Å². The fraction of sp³-hybridized carbons (Fsp3) is 0.263. The van der Waals surface area contributed by atoms with Gasteiger partial charge in [-0.05, 0) is 45.3 Å². The summed E-state index contributed by atoms with van der Waals surface area (Å²) in [5, 5.41) is 0.522. The maximum Gasteiger partial charge on any atom is 0.260 e. The molecule has 3 rings (SSSR count). The van der Waals surface area contributed by atoms with Crippen molar-refractivity contribution in [1.82, 2.24) is 9.88 Å². The molecule has 1 heterocycles. The fourth-order valence-electron chi connectivity index (χ4n) is 2.54. The van der Waals surface area contributed by atoms with E-state index in [1.165, 1.54) is 17.4 Å². The molecule has 0 spiro atoms. The number of thiazole rings is 1. The second kappa shape index (κ2) is 8.58. The zero-order chi connectivity index (χ0) is 18.0. The van der Waals surface area contributed by atoms with Crippen LogP contribution in [-0.4, -0.2) is 43.0 Å². The number of hydrogen-bond acceptors (Lipinski definition) is 4. The molecule has 0 atom stereocenters. The molecule has 4 nitrogen and oxygen atoms in total. The van der Waals surface area contributed by atoms with E-state index in [4.69, 9.17) is 0 Å². The van der Waals surface area contributed by atoms with Gasteiger partial charge in [-0.1, -0.05) is 35.1 Å². The first-order valence-electron chi connectivity index (χ1n) is 8.04. The largest absolute Gasteiger partial charge is 0.308 e. The smallest absolute Gasteiger partial charge is 0.260 e. The van der Waals surface area contributed by atoms with Crippen LogP contribution in [0.2, 0.25) is 0 Å². The molecule has 7 heteroatoms. The molecule has 0 aliphatic rings. The molecule has 0 saturated heterocycles. The second-order valence-corrected chi connectivity index (χ2v) is 7.22. The van der Waals surface area contributed by atoms with Gasteiger partial charge in [0.2, 0.25) is 0 Å². The Labute approximate surface area is 162 Å². The molecule has 0 fully saturated rings. The number of carbonyl (C=O) groups is 1. The highest BCUT2D eigenvalue weighted by molar-refractivity contribution is 7.22. The van der Waals surface area contributed by atoms with Gasteiger partial charge in [0.1, 0.15) is 11.3 Å². The minimum Gasteiger partial charge on any atom is -0.308 e. The van der Waals surface area contributed by atoms with E-state index in [2.05, 4.69) is 4.98 Å². The minimum atomic E-state index is -0.365. The van der Waals surface area contributed by atoms with Crippen molar-refractivity contribution >= 4 is 45.0 Å². The molecule has 0 bridgehead atoms. The number of aromatic nitrogens is 1. The molecule has 138 valence electrons. The lowest BCUT2D eigenvalue weighted by Crippen LogP contribution is -2.36. The molecule has 1 amide bonds. The predicted molar refractivity (Wildman–Crippen MR) is 108 cm³/mol. The molecule has 1 aromatic heterocycles. The first-order chi connectivity index (χ1) is 12.0. The lowest BCUT2D eigenvalue weighted by molar-refractivity contribution is 0.0985. The Kier molecular flexibility index (Phi) is 6.69. The minimum absolute atomic E-state index is 0. The summed E-state index contributed by atoms with van der Waals surface area (Å²) in [7, 11) is 3.90. The number of aryl methyl sites for hydroxylation is 1. The fourth-order valence-corrected chi connectivity index (χ4v) is 3.54. The van der Waals surface area contributed by atoms with E-state index in [1.54, 1.807) is 17.0 Å². The van der Waals surface area contributed by atoms with Gasteiger partial charge in [0, 0.05) is 18.7 Å². The van der Waals surface area contributed by atoms with Gasteiger partial charge in [-0.3, -0.25) is 9.69 Å². The molecule has 0 aliphatic heterocycles. The van der Waals surface area contributed by atoms with Crippen molar-refractivity contribution in [1.29, 1.82) is 0 Å².